The highest BCUT2D eigenvalue weighted by Crippen LogP contribution is 2.25. The number of nitrogens with zero attached hydrogens (tertiary/aromatic N) is 3. The second kappa shape index (κ2) is 7.16. The van der Waals surface area contributed by atoms with E-state index < -0.39 is 10.5 Å². The van der Waals surface area contributed by atoms with Crippen LogP contribution >= 0.6 is 0 Å². The zero-order valence-electron chi connectivity index (χ0n) is 15.3. The molecule has 0 fully saturated rings. The first-order chi connectivity index (χ1) is 12.7. The van der Waals surface area contributed by atoms with Crippen LogP contribution in [-0.4, -0.2) is 26.5 Å². The number of anilines is 1. The molecule has 8 heteroatoms. The van der Waals surface area contributed by atoms with Gasteiger partial charge in [-0.1, -0.05) is 0 Å². The van der Waals surface area contributed by atoms with E-state index in [0.29, 0.717) is 23.0 Å². The van der Waals surface area contributed by atoms with E-state index >= 15 is 0 Å². The van der Waals surface area contributed by atoms with Gasteiger partial charge in [0.15, 0.2) is 5.82 Å². The summed E-state index contributed by atoms with van der Waals surface area (Å²) in [5, 5.41) is 24.5. The summed E-state index contributed by atoms with van der Waals surface area (Å²) >= 11 is 0. The molecule has 0 aliphatic rings. The molecule has 140 valence electrons. The number of aromatic nitrogens is 2. The maximum Gasteiger partial charge on any atom is 0.269 e. The van der Waals surface area contributed by atoms with Gasteiger partial charge in [-0.15, -0.1) is 0 Å². The molecule has 0 radical (unpaired) electrons. The van der Waals surface area contributed by atoms with E-state index in [1.54, 1.807) is 37.3 Å². The van der Waals surface area contributed by atoms with Crippen molar-refractivity contribution in [3.8, 4) is 11.4 Å². The zero-order valence-corrected chi connectivity index (χ0v) is 15.3. The first-order valence-corrected chi connectivity index (χ1v) is 8.38. The van der Waals surface area contributed by atoms with Crippen molar-refractivity contribution in [2.45, 2.75) is 26.4 Å². The smallest absolute Gasteiger partial charge is 0.269 e. The van der Waals surface area contributed by atoms with E-state index in [1.165, 1.54) is 12.1 Å². The van der Waals surface area contributed by atoms with Crippen molar-refractivity contribution in [3.63, 3.8) is 0 Å². The molecule has 2 heterocycles. The first-order valence-electron chi connectivity index (χ1n) is 8.38. The second-order valence-corrected chi connectivity index (χ2v) is 6.56. The Bertz CT molecular complexity index is 964. The monoisotopic (exact) mass is 368 g/mol. The fraction of sp³-hybridized carbons (Fsp3) is 0.263. The summed E-state index contributed by atoms with van der Waals surface area (Å²) in [5.74, 6) is 2.18. The predicted molar refractivity (Wildman–Crippen MR) is 100 cm³/mol. The minimum absolute atomic E-state index is 0.00883. The Morgan fingerprint density at radius 1 is 1.19 bits per heavy atom. The molecular weight excluding hydrogens is 348 g/mol. The Morgan fingerprint density at radius 3 is 2.48 bits per heavy atom. The van der Waals surface area contributed by atoms with E-state index in [2.05, 4.69) is 15.3 Å². The molecule has 0 saturated carbocycles. The highest BCUT2D eigenvalue weighted by Gasteiger charge is 2.26. The van der Waals surface area contributed by atoms with Gasteiger partial charge in [-0.3, -0.25) is 10.1 Å². The molecule has 0 saturated heterocycles. The van der Waals surface area contributed by atoms with Crippen LogP contribution in [0, 0.1) is 24.0 Å². The molecule has 1 atom stereocenters. The minimum atomic E-state index is -1.21. The quantitative estimate of drug-likeness (QED) is 0.505. The number of nitrogens with one attached hydrogen (secondary N) is 1. The molecule has 0 bridgehead atoms. The minimum Gasteiger partial charge on any atom is -0.463 e. The molecule has 27 heavy (non-hydrogen) atoms. The SMILES string of the molecule is Cc1cc(NCC(C)(O)c2ccc(C)o2)nc(-c2ccc([N+](=O)[O-])cc2)n1. The van der Waals surface area contributed by atoms with Crippen LogP contribution in [0.1, 0.15) is 24.1 Å². The maximum atomic E-state index is 10.8. The van der Waals surface area contributed by atoms with Gasteiger partial charge in [0.25, 0.3) is 5.69 Å². The summed E-state index contributed by atoms with van der Waals surface area (Å²) in [6.45, 7) is 5.49. The topological polar surface area (TPSA) is 114 Å². The highest BCUT2D eigenvalue weighted by atomic mass is 16.6. The lowest BCUT2D eigenvalue weighted by Crippen LogP contribution is -2.30. The number of nitro benzene ring substituents is 1. The van der Waals surface area contributed by atoms with Crippen LogP contribution in [0.5, 0.6) is 0 Å². The number of nitro groups is 1. The fourth-order valence-corrected chi connectivity index (χ4v) is 2.59. The van der Waals surface area contributed by atoms with Crippen molar-refractivity contribution in [2.75, 3.05) is 11.9 Å². The van der Waals surface area contributed by atoms with Crippen LogP contribution in [0.4, 0.5) is 11.5 Å². The Kier molecular flexibility index (Phi) is 4.91. The molecule has 3 rings (SSSR count). The number of hydrogen-bond acceptors (Lipinski definition) is 7. The maximum absolute atomic E-state index is 10.8. The van der Waals surface area contributed by atoms with Crippen molar-refractivity contribution in [2.24, 2.45) is 0 Å². The molecule has 2 N–H and O–H groups in total. The Balaban J connectivity index is 1.80. The van der Waals surface area contributed by atoms with Crippen LogP contribution in [0.25, 0.3) is 11.4 Å². The van der Waals surface area contributed by atoms with E-state index in [9.17, 15) is 15.2 Å². The van der Waals surface area contributed by atoms with E-state index in [1.807, 2.05) is 13.8 Å². The molecule has 2 aromatic heterocycles. The van der Waals surface area contributed by atoms with Gasteiger partial charge >= 0.3 is 0 Å². The third-order valence-electron chi connectivity index (χ3n) is 4.08. The van der Waals surface area contributed by atoms with Crippen molar-refractivity contribution in [3.05, 3.63) is 69.8 Å². The molecule has 3 aromatic rings. The van der Waals surface area contributed by atoms with Crippen LogP contribution in [-0.2, 0) is 5.60 Å². The van der Waals surface area contributed by atoms with Gasteiger partial charge in [0.1, 0.15) is 22.9 Å². The van der Waals surface area contributed by atoms with Gasteiger partial charge in [0, 0.05) is 29.5 Å². The molecular formula is C19H20N4O4. The van der Waals surface area contributed by atoms with E-state index in [0.717, 1.165) is 11.5 Å². The zero-order chi connectivity index (χ0) is 19.6. The van der Waals surface area contributed by atoms with Gasteiger partial charge in [-0.05, 0) is 45.0 Å². The average Bonchev–Trinajstić information content (AvgIpc) is 3.07. The number of furan rings is 1. The summed E-state index contributed by atoms with van der Waals surface area (Å²) in [7, 11) is 0. The number of non-ortho nitro benzene ring substituents is 1. The number of rotatable bonds is 6. The lowest BCUT2D eigenvalue weighted by atomic mass is 10.0. The van der Waals surface area contributed by atoms with Gasteiger partial charge in [-0.2, -0.15) is 0 Å². The van der Waals surface area contributed by atoms with Crippen LogP contribution in [0.2, 0.25) is 0 Å². The Morgan fingerprint density at radius 2 is 1.89 bits per heavy atom. The molecule has 1 aromatic carbocycles. The predicted octanol–water partition coefficient (Wildman–Crippen LogP) is 3.58. The number of aliphatic hydroxyl groups is 1. The summed E-state index contributed by atoms with van der Waals surface area (Å²) in [6.07, 6.45) is 0. The third kappa shape index (κ3) is 4.29. The molecule has 1 unspecified atom stereocenters. The lowest BCUT2D eigenvalue weighted by Gasteiger charge is -2.21. The lowest BCUT2D eigenvalue weighted by molar-refractivity contribution is -0.384. The van der Waals surface area contributed by atoms with Gasteiger partial charge in [0.2, 0.25) is 0 Å². The van der Waals surface area contributed by atoms with Gasteiger partial charge in [-0.25, -0.2) is 9.97 Å². The standard InChI is InChI=1S/C19H20N4O4/c1-12-10-17(20-11-19(3,24)16-9-4-13(2)27-16)22-18(21-12)14-5-7-15(8-6-14)23(25)26/h4-10,24H,11H2,1-3H3,(H,20,21,22). The third-order valence-corrected chi connectivity index (χ3v) is 4.08. The van der Waals surface area contributed by atoms with E-state index in [-0.39, 0.29) is 12.2 Å². The summed E-state index contributed by atoms with van der Waals surface area (Å²) < 4.78 is 5.51. The Labute approximate surface area is 156 Å². The highest BCUT2D eigenvalue weighted by molar-refractivity contribution is 5.59. The molecule has 0 spiro atoms. The second-order valence-electron chi connectivity index (χ2n) is 6.56. The molecule has 8 nitrogen and oxygen atoms in total. The summed E-state index contributed by atoms with van der Waals surface area (Å²) in [5.41, 5.74) is 0.199. The number of hydrogen-bond donors (Lipinski definition) is 2. The average molecular weight is 368 g/mol. The van der Waals surface area contributed by atoms with Crippen molar-refractivity contribution in [1.29, 1.82) is 0 Å². The summed E-state index contributed by atoms with van der Waals surface area (Å²) in [6, 6.07) is 11.3. The normalized spacial score (nSPS) is 13.2. The van der Waals surface area contributed by atoms with Crippen LogP contribution in [0.3, 0.4) is 0 Å². The number of benzene rings is 1. The Hall–Kier alpha value is -3.26. The fourth-order valence-electron chi connectivity index (χ4n) is 2.59. The molecule has 0 amide bonds. The van der Waals surface area contributed by atoms with E-state index in [4.69, 9.17) is 4.42 Å². The number of aryl methyl sites for hydroxylation is 2. The van der Waals surface area contributed by atoms with Crippen molar-refractivity contribution < 1.29 is 14.4 Å². The van der Waals surface area contributed by atoms with Crippen LogP contribution in [0.15, 0.2) is 46.9 Å². The summed E-state index contributed by atoms with van der Waals surface area (Å²) in [4.78, 5) is 19.2. The molecule has 0 aliphatic carbocycles. The van der Waals surface area contributed by atoms with Gasteiger partial charge < -0.3 is 14.8 Å². The largest absolute Gasteiger partial charge is 0.463 e. The van der Waals surface area contributed by atoms with Crippen LogP contribution < -0.4 is 5.32 Å². The van der Waals surface area contributed by atoms with Crippen molar-refractivity contribution >= 4 is 11.5 Å². The molecule has 0 aliphatic heterocycles. The first kappa shape index (κ1) is 18.5. The van der Waals surface area contributed by atoms with Gasteiger partial charge in [0.05, 0.1) is 11.5 Å². The van der Waals surface area contributed by atoms with Crippen molar-refractivity contribution in [1.82, 2.24) is 9.97 Å².